The van der Waals surface area contributed by atoms with Crippen molar-refractivity contribution in [3.05, 3.63) is 64.5 Å². The lowest BCUT2D eigenvalue weighted by Gasteiger charge is -2.13. The Morgan fingerprint density at radius 2 is 1.89 bits per heavy atom. The van der Waals surface area contributed by atoms with Crippen molar-refractivity contribution in [2.45, 2.75) is 19.8 Å². The molecule has 1 heterocycles. The van der Waals surface area contributed by atoms with Gasteiger partial charge in [-0.2, -0.15) is 0 Å². The quantitative estimate of drug-likeness (QED) is 0.605. The molecular formula is C21H20O6. The fraction of sp³-hybridized carbons (Fsp3) is 0.238. The highest BCUT2D eigenvalue weighted by Crippen LogP contribution is 2.30. The minimum absolute atomic E-state index is 0.110. The van der Waals surface area contributed by atoms with E-state index in [4.69, 9.17) is 13.9 Å². The van der Waals surface area contributed by atoms with Crippen molar-refractivity contribution in [1.82, 2.24) is 0 Å². The van der Waals surface area contributed by atoms with Crippen molar-refractivity contribution in [3.8, 4) is 17.2 Å². The second-order valence-electron chi connectivity index (χ2n) is 6.25. The first-order valence-corrected chi connectivity index (χ1v) is 8.51. The summed E-state index contributed by atoms with van der Waals surface area (Å²) in [7, 11) is 1.28. The molecule has 0 N–H and O–H groups in total. The van der Waals surface area contributed by atoms with E-state index in [-0.39, 0.29) is 23.7 Å². The van der Waals surface area contributed by atoms with Crippen LogP contribution in [-0.4, -0.2) is 19.7 Å². The summed E-state index contributed by atoms with van der Waals surface area (Å²) in [5.74, 6) is 0.887. The summed E-state index contributed by atoms with van der Waals surface area (Å²) >= 11 is 0. The summed E-state index contributed by atoms with van der Waals surface area (Å²) in [6.07, 6.45) is 1.28. The summed E-state index contributed by atoms with van der Waals surface area (Å²) in [4.78, 5) is 23.9. The summed E-state index contributed by atoms with van der Waals surface area (Å²) in [5, 5.41) is 0.361. The van der Waals surface area contributed by atoms with Gasteiger partial charge in [-0.3, -0.25) is 4.79 Å². The van der Waals surface area contributed by atoms with E-state index in [0.717, 1.165) is 5.56 Å². The minimum atomic E-state index is -0.496. The molecule has 0 amide bonds. The Morgan fingerprint density at radius 3 is 2.63 bits per heavy atom. The van der Waals surface area contributed by atoms with Gasteiger partial charge in [0.2, 0.25) is 11.2 Å². The van der Waals surface area contributed by atoms with Gasteiger partial charge in [-0.15, -0.1) is 0 Å². The monoisotopic (exact) mass is 368 g/mol. The zero-order valence-electron chi connectivity index (χ0n) is 15.4. The van der Waals surface area contributed by atoms with Gasteiger partial charge in [0.15, 0.2) is 6.61 Å². The SMILES string of the molecule is COC(=O)COc1ccc2c(=O)c(Oc3ccccc3C(C)C)coc2c1. The highest BCUT2D eigenvalue weighted by Gasteiger charge is 2.13. The molecule has 0 bridgehead atoms. The molecule has 0 unspecified atom stereocenters. The van der Waals surface area contributed by atoms with E-state index in [1.54, 1.807) is 18.2 Å². The average Bonchev–Trinajstić information content (AvgIpc) is 2.68. The van der Waals surface area contributed by atoms with Crippen LogP contribution in [-0.2, 0) is 9.53 Å². The molecule has 1 aromatic heterocycles. The van der Waals surface area contributed by atoms with Crippen molar-refractivity contribution >= 4 is 16.9 Å². The highest BCUT2D eigenvalue weighted by atomic mass is 16.6. The summed E-state index contributed by atoms with van der Waals surface area (Å²) in [6.45, 7) is 3.89. The maximum absolute atomic E-state index is 12.7. The van der Waals surface area contributed by atoms with Gasteiger partial charge >= 0.3 is 5.97 Å². The van der Waals surface area contributed by atoms with Crippen LogP contribution in [0.4, 0.5) is 0 Å². The third-order valence-corrected chi connectivity index (χ3v) is 4.06. The number of ether oxygens (including phenoxy) is 3. The topological polar surface area (TPSA) is 75.0 Å². The zero-order chi connectivity index (χ0) is 19.4. The second kappa shape index (κ2) is 7.95. The van der Waals surface area contributed by atoms with Crippen molar-refractivity contribution in [2.75, 3.05) is 13.7 Å². The molecule has 0 aliphatic heterocycles. The standard InChI is InChI=1S/C21H20O6/c1-13(2)15-6-4-5-7-17(15)27-19-11-26-18-10-14(25-12-20(22)24-3)8-9-16(18)21(19)23/h4-11,13H,12H2,1-3H3. The molecule has 6 heteroatoms. The molecule has 27 heavy (non-hydrogen) atoms. The average molecular weight is 368 g/mol. The van der Waals surface area contributed by atoms with E-state index < -0.39 is 5.97 Å². The Kier molecular flexibility index (Phi) is 5.45. The van der Waals surface area contributed by atoms with E-state index >= 15 is 0 Å². The lowest BCUT2D eigenvalue weighted by atomic mass is 10.0. The van der Waals surface area contributed by atoms with Crippen LogP contribution in [0.25, 0.3) is 11.0 Å². The number of benzene rings is 2. The molecule has 6 nitrogen and oxygen atoms in total. The van der Waals surface area contributed by atoms with Gasteiger partial charge in [0, 0.05) is 6.07 Å². The Balaban J connectivity index is 1.90. The van der Waals surface area contributed by atoms with Crippen LogP contribution in [0, 0.1) is 0 Å². The summed E-state index contributed by atoms with van der Waals surface area (Å²) in [6, 6.07) is 12.3. The van der Waals surface area contributed by atoms with Gasteiger partial charge in [-0.25, -0.2) is 4.79 Å². The third-order valence-electron chi connectivity index (χ3n) is 4.06. The molecule has 0 aliphatic rings. The van der Waals surface area contributed by atoms with Gasteiger partial charge in [-0.1, -0.05) is 32.0 Å². The lowest BCUT2D eigenvalue weighted by Crippen LogP contribution is -2.12. The number of fused-ring (bicyclic) bond motifs is 1. The zero-order valence-corrected chi connectivity index (χ0v) is 15.4. The molecule has 0 spiro atoms. The van der Waals surface area contributed by atoms with Crippen molar-refractivity contribution in [2.24, 2.45) is 0 Å². The molecule has 2 aromatic carbocycles. The first-order valence-electron chi connectivity index (χ1n) is 8.51. The Morgan fingerprint density at radius 1 is 1.11 bits per heavy atom. The Labute approximate surface area is 156 Å². The van der Waals surface area contributed by atoms with Crippen molar-refractivity contribution < 1.29 is 23.4 Å². The van der Waals surface area contributed by atoms with Crippen LogP contribution in [0.3, 0.4) is 0 Å². The minimum Gasteiger partial charge on any atom is -0.482 e. The first-order chi connectivity index (χ1) is 13.0. The molecule has 140 valence electrons. The molecule has 3 aromatic rings. The largest absolute Gasteiger partial charge is 0.482 e. The summed E-state index contributed by atoms with van der Waals surface area (Å²) < 4.78 is 21.2. The molecule has 0 saturated heterocycles. The smallest absolute Gasteiger partial charge is 0.343 e. The Hall–Kier alpha value is -3.28. The van der Waals surface area contributed by atoms with E-state index in [1.165, 1.54) is 13.4 Å². The van der Waals surface area contributed by atoms with Crippen LogP contribution < -0.4 is 14.9 Å². The molecule has 0 aliphatic carbocycles. The van der Waals surface area contributed by atoms with Crippen LogP contribution in [0.1, 0.15) is 25.3 Å². The van der Waals surface area contributed by atoms with Crippen molar-refractivity contribution in [1.29, 1.82) is 0 Å². The third kappa shape index (κ3) is 4.11. The normalized spacial score (nSPS) is 10.8. The molecule has 0 saturated carbocycles. The second-order valence-corrected chi connectivity index (χ2v) is 6.25. The maximum atomic E-state index is 12.7. The fourth-order valence-electron chi connectivity index (χ4n) is 2.62. The number of rotatable bonds is 6. The number of hydrogen-bond acceptors (Lipinski definition) is 6. The predicted molar refractivity (Wildman–Crippen MR) is 101 cm³/mol. The predicted octanol–water partition coefficient (Wildman–Crippen LogP) is 4.26. The van der Waals surface area contributed by atoms with E-state index in [2.05, 4.69) is 18.6 Å². The van der Waals surface area contributed by atoms with Gasteiger partial charge in [-0.05, 0) is 29.7 Å². The van der Waals surface area contributed by atoms with E-state index in [0.29, 0.717) is 22.5 Å². The molecular weight excluding hydrogens is 348 g/mol. The van der Waals surface area contributed by atoms with Crippen molar-refractivity contribution in [3.63, 3.8) is 0 Å². The first kappa shape index (κ1) is 18.5. The van der Waals surface area contributed by atoms with Crippen LogP contribution >= 0.6 is 0 Å². The number of esters is 1. The number of carbonyl (C=O) groups excluding carboxylic acids is 1. The highest BCUT2D eigenvalue weighted by molar-refractivity contribution is 5.79. The molecule has 0 radical (unpaired) electrons. The number of carbonyl (C=O) groups is 1. The number of methoxy groups -OCH3 is 1. The van der Waals surface area contributed by atoms with Crippen LogP contribution in [0.15, 0.2) is 57.9 Å². The molecule has 3 rings (SSSR count). The van der Waals surface area contributed by atoms with Gasteiger partial charge < -0.3 is 18.6 Å². The lowest BCUT2D eigenvalue weighted by molar-refractivity contribution is -0.142. The van der Waals surface area contributed by atoms with Crippen LogP contribution in [0.2, 0.25) is 0 Å². The fourth-order valence-corrected chi connectivity index (χ4v) is 2.62. The van der Waals surface area contributed by atoms with E-state index in [9.17, 15) is 9.59 Å². The maximum Gasteiger partial charge on any atom is 0.343 e. The van der Waals surface area contributed by atoms with Gasteiger partial charge in [0.1, 0.15) is 23.3 Å². The number of hydrogen-bond donors (Lipinski definition) is 0. The molecule has 0 atom stereocenters. The van der Waals surface area contributed by atoms with Gasteiger partial charge in [0.25, 0.3) is 0 Å². The number of para-hydroxylation sites is 1. The Bertz CT molecular complexity index is 1020. The van der Waals surface area contributed by atoms with E-state index in [1.807, 2.05) is 24.3 Å². The van der Waals surface area contributed by atoms with Crippen LogP contribution in [0.5, 0.6) is 17.2 Å². The van der Waals surface area contributed by atoms with Gasteiger partial charge in [0.05, 0.1) is 12.5 Å². The molecule has 0 fully saturated rings. The summed E-state index contributed by atoms with van der Waals surface area (Å²) in [5.41, 5.74) is 1.06.